The summed E-state index contributed by atoms with van der Waals surface area (Å²) in [4.78, 5) is 0. The van der Waals surface area contributed by atoms with E-state index in [1.54, 1.807) is 14.2 Å². The van der Waals surface area contributed by atoms with E-state index >= 15 is 0 Å². The fraction of sp³-hybridized carbons (Fsp3) is 0.294. The largest absolute Gasteiger partial charge is 0.493 e. The first kappa shape index (κ1) is 15.7. The Morgan fingerprint density at radius 3 is 2.52 bits per heavy atom. The lowest BCUT2D eigenvalue weighted by molar-refractivity contribution is 0.352. The zero-order valence-corrected chi connectivity index (χ0v) is 14.2. The van der Waals surface area contributed by atoms with E-state index in [0.29, 0.717) is 6.54 Å². The molecule has 3 nitrogen and oxygen atoms in total. The van der Waals surface area contributed by atoms with Gasteiger partial charge in [-0.1, -0.05) is 35.0 Å². The average Bonchev–Trinajstić information content (AvgIpc) is 2.52. The third-order valence-electron chi connectivity index (χ3n) is 3.40. The van der Waals surface area contributed by atoms with Crippen LogP contribution in [0.15, 0.2) is 40.9 Å². The summed E-state index contributed by atoms with van der Waals surface area (Å²) in [6, 6.07) is 12.2. The molecule has 0 aliphatic heterocycles. The Balaban J connectivity index is 2.20. The van der Waals surface area contributed by atoms with Crippen molar-refractivity contribution in [2.24, 2.45) is 0 Å². The number of rotatable bonds is 6. The molecule has 2 aromatic rings. The minimum atomic E-state index is 0.689. The van der Waals surface area contributed by atoms with Crippen LogP contribution >= 0.6 is 15.9 Å². The molecule has 0 saturated heterocycles. The van der Waals surface area contributed by atoms with Crippen LogP contribution in [-0.4, -0.2) is 14.2 Å². The zero-order chi connectivity index (χ0) is 15.2. The molecule has 21 heavy (non-hydrogen) atoms. The van der Waals surface area contributed by atoms with Crippen molar-refractivity contribution in [1.82, 2.24) is 0 Å². The van der Waals surface area contributed by atoms with Crippen molar-refractivity contribution >= 4 is 21.6 Å². The van der Waals surface area contributed by atoms with Crippen LogP contribution in [0.2, 0.25) is 0 Å². The number of aryl methyl sites for hydroxylation is 1. The lowest BCUT2D eigenvalue weighted by Crippen LogP contribution is -2.04. The maximum Gasteiger partial charge on any atom is 0.165 e. The Kier molecular flexibility index (Phi) is 5.51. The van der Waals surface area contributed by atoms with Crippen molar-refractivity contribution in [3.8, 4) is 11.5 Å². The van der Waals surface area contributed by atoms with E-state index in [9.17, 15) is 0 Å². The minimum absolute atomic E-state index is 0.689. The summed E-state index contributed by atoms with van der Waals surface area (Å²) >= 11 is 3.51. The molecule has 0 unspecified atom stereocenters. The number of halogens is 1. The van der Waals surface area contributed by atoms with Crippen LogP contribution < -0.4 is 14.8 Å². The summed E-state index contributed by atoms with van der Waals surface area (Å²) in [7, 11) is 3.32. The Morgan fingerprint density at radius 1 is 1.05 bits per heavy atom. The van der Waals surface area contributed by atoms with Crippen molar-refractivity contribution < 1.29 is 9.47 Å². The third-order valence-corrected chi connectivity index (χ3v) is 3.90. The van der Waals surface area contributed by atoms with Crippen molar-refractivity contribution in [2.45, 2.75) is 19.9 Å². The second kappa shape index (κ2) is 7.36. The smallest absolute Gasteiger partial charge is 0.165 e. The molecule has 0 spiro atoms. The molecule has 0 aromatic heterocycles. The highest BCUT2D eigenvalue weighted by molar-refractivity contribution is 9.10. The molecule has 2 rings (SSSR count). The van der Waals surface area contributed by atoms with Gasteiger partial charge in [-0.15, -0.1) is 0 Å². The predicted molar refractivity (Wildman–Crippen MR) is 90.4 cm³/mol. The van der Waals surface area contributed by atoms with Crippen molar-refractivity contribution in [1.29, 1.82) is 0 Å². The van der Waals surface area contributed by atoms with Gasteiger partial charge in [0.15, 0.2) is 11.5 Å². The Labute approximate surface area is 134 Å². The van der Waals surface area contributed by atoms with Gasteiger partial charge in [-0.05, 0) is 36.2 Å². The first-order valence-electron chi connectivity index (χ1n) is 6.91. The first-order valence-corrected chi connectivity index (χ1v) is 7.71. The number of ether oxygens (including phenoxy) is 2. The summed E-state index contributed by atoms with van der Waals surface area (Å²) in [6.45, 7) is 2.84. The number of hydrogen-bond acceptors (Lipinski definition) is 3. The molecule has 0 atom stereocenters. The summed E-state index contributed by atoms with van der Waals surface area (Å²) in [6.07, 6.45) is 0.983. The fourth-order valence-electron chi connectivity index (χ4n) is 2.31. The van der Waals surface area contributed by atoms with Gasteiger partial charge in [-0.3, -0.25) is 0 Å². The highest BCUT2D eigenvalue weighted by atomic mass is 79.9. The lowest BCUT2D eigenvalue weighted by atomic mass is 10.1. The molecule has 0 bridgehead atoms. The molecule has 1 N–H and O–H groups in total. The number of anilines is 1. The maximum atomic E-state index is 5.46. The SMILES string of the molecule is CCc1cc(Br)ccc1NCc1cccc(OC)c1OC. The molecule has 0 fully saturated rings. The second-order valence-electron chi connectivity index (χ2n) is 4.66. The minimum Gasteiger partial charge on any atom is -0.493 e. The molecular weight excluding hydrogens is 330 g/mol. The Hall–Kier alpha value is -1.68. The van der Waals surface area contributed by atoms with E-state index in [-0.39, 0.29) is 0 Å². The summed E-state index contributed by atoms with van der Waals surface area (Å²) in [5.41, 5.74) is 3.50. The summed E-state index contributed by atoms with van der Waals surface area (Å²) < 4.78 is 11.9. The molecule has 112 valence electrons. The van der Waals surface area contributed by atoms with Gasteiger partial charge in [0.25, 0.3) is 0 Å². The molecule has 2 aromatic carbocycles. The maximum absolute atomic E-state index is 5.46. The van der Waals surface area contributed by atoms with Crippen LogP contribution in [0.4, 0.5) is 5.69 Å². The standard InChI is InChI=1S/C17H20BrNO2/c1-4-12-10-14(18)8-9-15(12)19-11-13-6-5-7-16(20-2)17(13)21-3/h5-10,19H,4,11H2,1-3H3. The zero-order valence-electron chi connectivity index (χ0n) is 12.6. The Morgan fingerprint density at radius 2 is 1.86 bits per heavy atom. The van der Waals surface area contributed by atoms with Crippen LogP contribution in [-0.2, 0) is 13.0 Å². The quantitative estimate of drug-likeness (QED) is 0.823. The number of methoxy groups -OCH3 is 2. The highest BCUT2D eigenvalue weighted by Crippen LogP contribution is 2.31. The van der Waals surface area contributed by atoms with Gasteiger partial charge in [-0.25, -0.2) is 0 Å². The second-order valence-corrected chi connectivity index (χ2v) is 5.58. The summed E-state index contributed by atoms with van der Waals surface area (Å²) in [5.74, 6) is 1.53. The number of hydrogen-bond donors (Lipinski definition) is 1. The number of nitrogens with one attached hydrogen (secondary N) is 1. The predicted octanol–water partition coefficient (Wildman–Crippen LogP) is 4.64. The van der Waals surface area contributed by atoms with E-state index in [1.165, 1.54) is 5.56 Å². The van der Waals surface area contributed by atoms with Crippen molar-refractivity contribution in [3.05, 3.63) is 52.0 Å². The van der Waals surface area contributed by atoms with Gasteiger partial charge in [0, 0.05) is 22.3 Å². The van der Waals surface area contributed by atoms with Gasteiger partial charge in [0.2, 0.25) is 0 Å². The van der Waals surface area contributed by atoms with Gasteiger partial charge in [0.05, 0.1) is 14.2 Å². The molecule has 0 amide bonds. The monoisotopic (exact) mass is 349 g/mol. The van der Waals surface area contributed by atoms with E-state index in [4.69, 9.17) is 9.47 Å². The van der Waals surface area contributed by atoms with E-state index in [0.717, 1.165) is 33.6 Å². The van der Waals surface area contributed by atoms with Crippen molar-refractivity contribution in [3.63, 3.8) is 0 Å². The van der Waals surface area contributed by atoms with Crippen LogP contribution in [0.1, 0.15) is 18.1 Å². The van der Waals surface area contributed by atoms with Crippen LogP contribution in [0.3, 0.4) is 0 Å². The lowest BCUT2D eigenvalue weighted by Gasteiger charge is -2.15. The average molecular weight is 350 g/mol. The molecule has 0 saturated carbocycles. The third kappa shape index (κ3) is 3.70. The van der Waals surface area contributed by atoms with E-state index < -0.39 is 0 Å². The topological polar surface area (TPSA) is 30.5 Å². The molecule has 0 aliphatic carbocycles. The van der Waals surface area contributed by atoms with Crippen LogP contribution in [0.5, 0.6) is 11.5 Å². The van der Waals surface area contributed by atoms with Gasteiger partial charge in [-0.2, -0.15) is 0 Å². The molecule has 0 aliphatic rings. The molecule has 0 radical (unpaired) electrons. The molecular formula is C17H20BrNO2. The van der Waals surface area contributed by atoms with Gasteiger partial charge in [0.1, 0.15) is 0 Å². The normalized spacial score (nSPS) is 10.3. The van der Waals surface area contributed by atoms with Gasteiger partial charge >= 0.3 is 0 Å². The van der Waals surface area contributed by atoms with E-state index in [1.807, 2.05) is 24.3 Å². The first-order chi connectivity index (χ1) is 10.2. The molecule has 0 heterocycles. The Bertz CT molecular complexity index is 614. The number of para-hydroxylation sites is 1. The van der Waals surface area contributed by atoms with Crippen LogP contribution in [0.25, 0.3) is 0 Å². The molecule has 4 heteroatoms. The summed E-state index contributed by atoms with van der Waals surface area (Å²) in [5, 5.41) is 3.48. The highest BCUT2D eigenvalue weighted by Gasteiger charge is 2.09. The van der Waals surface area contributed by atoms with E-state index in [2.05, 4.69) is 40.3 Å². The van der Waals surface area contributed by atoms with Crippen LogP contribution in [0, 0.1) is 0 Å². The number of benzene rings is 2. The van der Waals surface area contributed by atoms with Crippen molar-refractivity contribution in [2.75, 3.05) is 19.5 Å². The van der Waals surface area contributed by atoms with Gasteiger partial charge < -0.3 is 14.8 Å². The fourth-order valence-corrected chi connectivity index (χ4v) is 2.72.